The van der Waals surface area contributed by atoms with E-state index in [0.717, 1.165) is 17.1 Å². The highest BCUT2D eigenvalue weighted by atomic mass is 79.9. The summed E-state index contributed by atoms with van der Waals surface area (Å²) in [6.45, 7) is 4.45. The summed E-state index contributed by atoms with van der Waals surface area (Å²) in [6.07, 6.45) is 0. The lowest BCUT2D eigenvalue weighted by Crippen LogP contribution is -2.23. The van der Waals surface area contributed by atoms with E-state index < -0.39 is 0 Å². The van der Waals surface area contributed by atoms with Crippen LogP contribution in [0.1, 0.15) is 29.8 Å². The minimum Gasteiger partial charge on any atom is -0.497 e. The van der Waals surface area contributed by atoms with Gasteiger partial charge in [0.1, 0.15) is 11.5 Å². The Morgan fingerprint density at radius 3 is 2.19 bits per heavy atom. The summed E-state index contributed by atoms with van der Waals surface area (Å²) >= 11 is 3.86. The van der Waals surface area contributed by atoms with Crippen molar-refractivity contribution in [2.75, 3.05) is 14.2 Å². The Kier molecular flexibility index (Phi) is 4.94. The number of halogens is 1. The average Bonchev–Trinajstić information content (AvgIpc) is 2.54. The molecule has 1 atom stereocenters. The molecule has 2 aromatic carbocycles. The fourth-order valence-electron chi connectivity index (χ4n) is 2.44. The number of ether oxygens (including phenoxy) is 2. The summed E-state index contributed by atoms with van der Waals surface area (Å²) in [5, 5.41) is 0. The topological polar surface area (TPSA) is 18.5 Å². The lowest BCUT2D eigenvalue weighted by Gasteiger charge is -2.32. The van der Waals surface area contributed by atoms with Gasteiger partial charge in [-0.15, -0.1) is 0 Å². The molecular formula is C18H21BrO2. The van der Waals surface area contributed by atoms with Gasteiger partial charge in [-0.1, -0.05) is 60.1 Å². The lowest BCUT2D eigenvalue weighted by atomic mass is 9.79. The second-order valence-corrected chi connectivity index (χ2v) is 6.47. The normalized spacial score (nSPS) is 12.8. The molecule has 0 N–H and O–H groups in total. The molecule has 1 unspecified atom stereocenters. The summed E-state index contributed by atoms with van der Waals surface area (Å²) in [4.78, 5) is 0.109. The molecule has 21 heavy (non-hydrogen) atoms. The fraction of sp³-hybridized carbons (Fsp3) is 0.333. The van der Waals surface area contributed by atoms with Crippen molar-refractivity contribution < 1.29 is 9.47 Å². The van der Waals surface area contributed by atoms with Gasteiger partial charge >= 0.3 is 0 Å². The molecule has 0 aliphatic rings. The second-order valence-electron chi connectivity index (χ2n) is 5.56. The summed E-state index contributed by atoms with van der Waals surface area (Å²) < 4.78 is 10.9. The van der Waals surface area contributed by atoms with E-state index >= 15 is 0 Å². The summed E-state index contributed by atoms with van der Waals surface area (Å²) in [5.41, 5.74) is 2.28. The molecule has 0 saturated carbocycles. The third-order valence-electron chi connectivity index (χ3n) is 3.86. The molecular weight excluding hydrogens is 328 g/mol. The molecule has 112 valence electrons. The van der Waals surface area contributed by atoms with Crippen LogP contribution in [0.3, 0.4) is 0 Å². The largest absolute Gasteiger partial charge is 0.497 e. The molecule has 0 radical (unpaired) electrons. The Morgan fingerprint density at radius 1 is 0.952 bits per heavy atom. The van der Waals surface area contributed by atoms with Crippen molar-refractivity contribution >= 4 is 15.9 Å². The van der Waals surface area contributed by atoms with Gasteiger partial charge < -0.3 is 9.47 Å². The van der Waals surface area contributed by atoms with Gasteiger partial charge in [0.25, 0.3) is 0 Å². The Hall–Kier alpha value is -1.48. The van der Waals surface area contributed by atoms with E-state index in [0.29, 0.717) is 0 Å². The molecule has 2 rings (SSSR count). The minimum absolute atomic E-state index is 0.0824. The van der Waals surface area contributed by atoms with Gasteiger partial charge in [-0.2, -0.15) is 0 Å². The first-order chi connectivity index (χ1) is 10.0. The number of benzene rings is 2. The fourth-order valence-corrected chi connectivity index (χ4v) is 3.06. The van der Waals surface area contributed by atoms with E-state index in [2.05, 4.69) is 54.0 Å². The highest BCUT2D eigenvalue weighted by molar-refractivity contribution is 9.09. The van der Waals surface area contributed by atoms with Crippen molar-refractivity contribution in [3.05, 3.63) is 59.7 Å². The highest BCUT2D eigenvalue weighted by Gasteiger charge is 2.32. The smallest absolute Gasteiger partial charge is 0.123 e. The van der Waals surface area contributed by atoms with Crippen LogP contribution in [-0.4, -0.2) is 14.2 Å². The minimum atomic E-state index is -0.0824. The maximum atomic E-state index is 5.51. The highest BCUT2D eigenvalue weighted by Crippen LogP contribution is 2.46. The number of hydrogen-bond acceptors (Lipinski definition) is 2. The molecule has 0 bridgehead atoms. The first-order valence-electron chi connectivity index (χ1n) is 6.92. The summed E-state index contributed by atoms with van der Waals surface area (Å²) in [5.74, 6) is 1.70. The quantitative estimate of drug-likeness (QED) is 0.698. The van der Waals surface area contributed by atoms with Crippen LogP contribution in [0.25, 0.3) is 0 Å². The molecule has 0 aliphatic heterocycles. The molecule has 0 amide bonds. The molecule has 0 aromatic heterocycles. The van der Waals surface area contributed by atoms with E-state index in [1.54, 1.807) is 14.2 Å². The molecule has 0 spiro atoms. The van der Waals surface area contributed by atoms with Gasteiger partial charge in [0.2, 0.25) is 0 Å². The van der Waals surface area contributed by atoms with Crippen LogP contribution in [0.2, 0.25) is 0 Å². The van der Waals surface area contributed by atoms with Crippen LogP contribution < -0.4 is 9.47 Å². The van der Waals surface area contributed by atoms with E-state index in [1.165, 1.54) is 5.56 Å². The zero-order valence-electron chi connectivity index (χ0n) is 12.9. The van der Waals surface area contributed by atoms with Crippen molar-refractivity contribution in [2.45, 2.75) is 24.1 Å². The number of methoxy groups -OCH3 is 2. The van der Waals surface area contributed by atoms with Crippen LogP contribution in [0.15, 0.2) is 48.5 Å². The third-order valence-corrected chi connectivity index (χ3v) is 5.50. The summed E-state index contributed by atoms with van der Waals surface area (Å²) in [7, 11) is 3.37. The zero-order valence-corrected chi connectivity index (χ0v) is 14.5. The molecule has 0 fully saturated rings. The van der Waals surface area contributed by atoms with Gasteiger partial charge in [-0.05, 0) is 23.8 Å². The van der Waals surface area contributed by atoms with Gasteiger partial charge in [-0.3, -0.25) is 0 Å². The van der Waals surface area contributed by atoms with Crippen LogP contribution in [-0.2, 0) is 5.41 Å². The monoisotopic (exact) mass is 348 g/mol. The SMILES string of the molecule is COc1ccc(OC)c(C(Br)C(C)(C)c2ccccc2)c1. The maximum Gasteiger partial charge on any atom is 0.123 e. The summed E-state index contributed by atoms with van der Waals surface area (Å²) in [6, 6.07) is 16.4. The Bertz CT molecular complexity index is 593. The predicted molar refractivity (Wildman–Crippen MR) is 90.7 cm³/mol. The van der Waals surface area contributed by atoms with Crippen LogP contribution in [0.4, 0.5) is 0 Å². The van der Waals surface area contributed by atoms with E-state index in [9.17, 15) is 0 Å². The van der Waals surface area contributed by atoms with Crippen LogP contribution >= 0.6 is 15.9 Å². The van der Waals surface area contributed by atoms with Crippen molar-refractivity contribution in [1.29, 1.82) is 0 Å². The van der Waals surface area contributed by atoms with Crippen molar-refractivity contribution in [3.63, 3.8) is 0 Å². The van der Waals surface area contributed by atoms with Crippen LogP contribution in [0.5, 0.6) is 11.5 Å². The Morgan fingerprint density at radius 2 is 1.62 bits per heavy atom. The van der Waals surface area contributed by atoms with Gasteiger partial charge in [0.05, 0.1) is 19.0 Å². The molecule has 2 nitrogen and oxygen atoms in total. The van der Waals surface area contributed by atoms with Crippen molar-refractivity contribution in [2.24, 2.45) is 0 Å². The molecule has 0 heterocycles. The molecule has 2 aromatic rings. The van der Waals surface area contributed by atoms with E-state index in [-0.39, 0.29) is 10.2 Å². The predicted octanol–water partition coefficient (Wildman–Crippen LogP) is 5.12. The van der Waals surface area contributed by atoms with E-state index in [4.69, 9.17) is 9.47 Å². The van der Waals surface area contributed by atoms with Gasteiger partial charge in [0.15, 0.2) is 0 Å². The van der Waals surface area contributed by atoms with E-state index in [1.807, 2.05) is 24.3 Å². The first-order valence-corrected chi connectivity index (χ1v) is 7.83. The molecule has 0 saturated heterocycles. The molecule has 3 heteroatoms. The van der Waals surface area contributed by atoms with Gasteiger partial charge in [0, 0.05) is 11.0 Å². The first kappa shape index (κ1) is 15.9. The van der Waals surface area contributed by atoms with Crippen molar-refractivity contribution in [1.82, 2.24) is 0 Å². The third kappa shape index (κ3) is 3.24. The van der Waals surface area contributed by atoms with Crippen molar-refractivity contribution in [3.8, 4) is 11.5 Å². The zero-order chi connectivity index (χ0) is 15.5. The maximum absolute atomic E-state index is 5.51. The molecule has 0 aliphatic carbocycles. The number of hydrogen-bond donors (Lipinski definition) is 0. The number of rotatable bonds is 5. The second kappa shape index (κ2) is 6.52. The number of alkyl halides is 1. The average molecular weight is 349 g/mol. The standard InChI is InChI=1S/C18H21BrO2/c1-18(2,13-8-6-5-7-9-13)17(19)15-12-14(20-3)10-11-16(15)21-4/h5-12,17H,1-4H3. The lowest BCUT2D eigenvalue weighted by molar-refractivity contribution is 0.392. The Balaban J connectivity index is 2.45. The van der Waals surface area contributed by atoms with Crippen LogP contribution in [0, 0.1) is 0 Å². The Labute approximate surface area is 135 Å². The van der Waals surface area contributed by atoms with Gasteiger partial charge in [-0.25, -0.2) is 0 Å².